The van der Waals surface area contributed by atoms with Gasteiger partial charge in [0, 0.05) is 10.0 Å². The molecule has 1 amide bonds. The van der Waals surface area contributed by atoms with Crippen molar-refractivity contribution in [1.29, 1.82) is 0 Å². The third kappa shape index (κ3) is 3.54. The van der Waals surface area contributed by atoms with E-state index in [1.54, 1.807) is 12.1 Å². The zero-order valence-corrected chi connectivity index (χ0v) is 12.1. The van der Waals surface area contributed by atoms with Gasteiger partial charge in [0.1, 0.15) is 0 Å². The number of carbonyl (C=O) groups is 1. The second kappa shape index (κ2) is 5.83. The lowest BCUT2D eigenvalue weighted by Gasteiger charge is -2.03. The van der Waals surface area contributed by atoms with E-state index in [1.807, 2.05) is 19.9 Å². The van der Waals surface area contributed by atoms with Gasteiger partial charge in [0.15, 0.2) is 0 Å². The van der Waals surface area contributed by atoms with Crippen molar-refractivity contribution in [2.45, 2.75) is 13.8 Å². The van der Waals surface area contributed by atoms with Gasteiger partial charge in [0.25, 0.3) is 5.91 Å². The number of nitrogens with zero attached hydrogens (tertiary/aromatic N) is 2. The molecule has 2 N–H and O–H groups in total. The summed E-state index contributed by atoms with van der Waals surface area (Å²) in [4.78, 5) is 16.0. The Labute approximate surface area is 118 Å². The van der Waals surface area contributed by atoms with Gasteiger partial charge in [0.05, 0.1) is 6.61 Å². The first-order valence-electron chi connectivity index (χ1n) is 5.72. The van der Waals surface area contributed by atoms with E-state index < -0.39 is 0 Å². The summed E-state index contributed by atoms with van der Waals surface area (Å²) in [6.07, 6.45) is 0. The van der Waals surface area contributed by atoms with E-state index in [4.69, 9.17) is 4.74 Å². The van der Waals surface area contributed by atoms with Crippen molar-refractivity contribution >= 4 is 27.8 Å². The fourth-order valence-electron chi connectivity index (χ4n) is 1.54. The van der Waals surface area contributed by atoms with Crippen molar-refractivity contribution in [1.82, 2.24) is 15.2 Å². The van der Waals surface area contributed by atoms with Gasteiger partial charge < -0.3 is 4.74 Å². The van der Waals surface area contributed by atoms with Crippen LogP contribution in [0, 0.1) is 6.92 Å². The quantitative estimate of drug-likeness (QED) is 0.905. The minimum Gasteiger partial charge on any atom is -0.463 e. The van der Waals surface area contributed by atoms with E-state index in [0.29, 0.717) is 12.2 Å². The number of hydrogen-bond acceptors (Lipinski definition) is 4. The molecule has 7 heteroatoms. The molecule has 0 radical (unpaired) electrons. The van der Waals surface area contributed by atoms with Crippen LogP contribution in [-0.2, 0) is 0 Å². The van der Waals surface area contributed by atoms with Gasteiger partial charge in [-0.05, 0) is 37.6 Å². The Hall–Kier alpha value is -1.89. The standard InChI is InChI=1S/C12H13BrN4O2/c1-3-19-12-15-11(16-17-12)14-10(18)8-4-7(2)5-9(13)6-8/h4-6H,3H2,1-2H3,(H2,14,15,16,17,18). The smallest absolute Gasteiger partial charge is 0.337 e. The van der Waals surface area contributed by atoms with Crippen LogP contribution >= 0.6 is 15.9 Å². The number of amides is 1. The van der Waals surface area contributed by atoms with Crippen LogP contribution in [0.4, 0.5) is 5.95 Å². The Balaban J connectivity index is 2.11. The minimum absolute atomic E-state index is 0.211. The number of anilines is 1. The Bertz CT molecular complexity index is 577. The van der Waals surface area contributed by atoms with Crippen LogP contribution in [0.5, 0.6) is 6.01 Å². The van der Waals surface area contributed by atoms with E-state index in [-0.39, 0.29) is 17.9 Å². The average molecular weight is 325 g/mol. The molecule has 0 aliphatic carbocycles. The molecule has 0 saturated carbocycles. The van der Waals surface area contributed by atoms with Crippen LogP contribution in [0.15, 0.2) is 22.7 Å². The summed E-state index contributed by atoms with van der Waals surface area (Å²) < 4.78 is 5.95. The SMILES string of the molecule is CCOc1n[nH]c(NC(=O)c2cc(C)cc(Br)c2)n1. The Morgan fingerprint density at radius 2 is 2.26 bits per heavy atom. The van der Waals surface area contributed by atoms with Crippen LogP contribution in [0.25, 0.3) is 0 Å². The van der Waals surface area contributed by atoms with Crippen LogP contribution in [0.3, 0.4) is 0 Å². The van der Waals surface area contributed by atoms with E-state index in [1.165, 1.54) is 0 Å². The van der Waals surface area contributed by atoms with Crippen LogP contribution in [0.2, 0.25) is 0 Å². The number of halogens is 1. The second-order valence-electron chi connectivity index (χ2n) is 3.87. The van der Waals surface area contributed by atoms with Gasteiger partial charge >= 0.3 is 6.01 Å². The minimum atomic E-state index is -0.261. The van der Waals surface area contributed by atoms with Crippen LogP contribution < -0.4 is 10.1 Å². The zero-order valence-electron chi connectivity index (χ0n) is 10.5. The zero-order chi connectivity index (χ0) is 13.8. The van der Waals surface area contributed by atoms with Gasteiger partial charge in [-0.25, -0.2) is 5.10 Å². The molecule has 0 aliphatic heterocycles. The molecule has 0 fully saturated rings. The lowest BCUT2D eigenvalue weighted by molar-refractivity contribution is 0.102. The van der Waals surface area contributed by atoms with E-state index in [2.05, 4.69) is 36.4 Å². The molecule has 0 bridgehead atoms. The topological polar surface area (TPSA) is 79.9 Å². The van der Waals surface area contributed by atoms with E-state index in [0.717, 1.165) is 10.0 Å². The molecule has 0 atom stereocenters. The highest BCUT2D eigenvalue weighted by atomic mass is 79.9. The normalized spacial score (nSPS) is 10.3. The number of ether oxygens (including phenoxy) is 1. The predicted octanol–water partition coefficient (Wildman–Crippen LogP) is 2.53. The second-order valence-corrected chi connectivity index (χ2v) is 4.79. The number of nitrogens with one attached hydrogen (secondary N) is 2. The number of benzene rings is 1. The average Bonchev–Trinajstić information content (AvgIpc) is 2.76. The largest absolute Gasteiger partial charge is 0.463 e. The fourth-order valence-corrected chi connectivity index (χ4v) is 2.15. The van der Waals surface area contributed by atoms with Crippen molar-refractivity contribution in [3.8, 4) is 6.01 Å². The van der Waals surface area contributed by atoms with Crippen LogP contribution in [-0.4, -0.2) is 27.7 Å². The lowest BCUT2D eigenvalue weighted by Crippen LogP contribution is -2.13. The van der Waals surface area contributed by atoms with Gasteiger partial charge in [-0.15, -0.1) is 5.10 Å². The molecule has 6 nitrogen and oxygen atoms in total. The molecule has 2 rings (SSSR count). The van der Waals surface area contributed by atoms with E-state index in [9.17, 15) is 4.79 Å². The Kier molecular flexibility index (Phi) is 4.16. The van der Waals surface area contributed by atoms with Crippen molar-refractivity contribution in [3.63, 3.8) is 0 Å². The first kappa shape index (κ1) is 13.5. The maximum absolute atomic E-state index is 12.0. The maximum atomic E-state index is 12.0. The monoisotopic (exact) mass is 324 g/mol. The highest BCUT2D eigenvalue weighted by Crippen LogP contribution is 2.16. The molecule has 0 unspecified atom stereocenters. The molecule has 1 aromatic carbocycles. The van der Waals surface area contributed by atoms with Gasteiger partial charge in [0.2, 0.25) is 5.95 Å². The molecule has 1 aromatic heterocycles. The van der Waals surface area contributed by atoms with Gasteiger partial charge in [-0.2, -0.15) is 4.98 Å². The first-order valence-corrected chi connectivity index (χ1v) is 6.51. The lowest BCUT2D eigenvalue weighted by atomic mass is 10.1. The molecule has 19 heavy (non-hydrogen) atoms. The summed E-state index contributed by atoms with van der Waals surface area (Å²) in [5.74, 6) is -0.00493. The van der Waals surface area contributed by atoms with Crippen molar-refractivity contribution in [2.75, 3.05) is 11.9 Å². The molecular weight excluding hydrogens is 312 g/mol. The molecule has 0 aliphatic rings. The predicted molar refractivity (Wildman–Crippen MR) is 74.4 cm³/mol. The highest BCUT2D eigenvalue weighted by molar-refractivity contribution is 9.10. The van der Waals surface area contributed by atoms with Crippen LogP contribution in [0.1, 0.15) is 22.8 Å². The number of carbonyl (C=O) groups excluding carboxylic acids is 1. The van der Waals surface area contributed by atoms with Crippen molar-refractivity contribution in [3.05, 3.63) is 33.8 Å². The number of aryl methyl sites for hydroxylation is 1. The number of aromatic nitrogens is 3. The number of aromatic amines is 1. The fraction of sp³-hybridized carbons (Fsp3) is 0.250. The molecule has 0 saturated heterocycles. The Morgan fingerprint density at radius 3 is 2.95 bits per heavy atom. The molecular formula is C12H13BrN4O2. The molecule has 1 heterocycles. The highest BCUT2D eigenvalue weighted by Gasteiger charge is 2.10. The maximum Gasteiger partial charge on any atom is 0.337 e. The van der Waals surface area contributed by atoms with Crippen molar-refractivity contribution < 1.29 is 9.53 Å². The summed E-state index contributed by atoms with van der Waals surface area (Å²) in [6.45, 7) is 4.22. The first-order chi connectivity index (χ1) is 9.08. The third-order valence-electron chi connectivity index (χ3n) is 2.27. The summed E-state index contributed by atoms with van der Waals surface area (Å²) >= 11 is 3.36. The summed E-state index contributed by atoms with van der Waals surface area (Å²) in [5.41, 5.74) is 1.54. The molecule has 100 valence electrons. The van der Waals surface area contributed by atoms with Gasteiger partial charge in [-0.1, -0.05) is 15.9 Å². The summed E-state index contributed by atoms with van der Waals surface area (Å²) in [7, 11) is 0. The number of rotatable bonds is 4. The van der Waals surface area contributed by atoms with Gasteiger partial charge in [-0.3, -0.25) is 10.1 Å². The Morgan fingerprint density at radius 1 is 1.47 bits per heavy atom. The van der Waals surface area contributed by atoms with E-state index >= 15 is 0 Å². The molecule has 2 aromatic rings. The summed E-state index contributed by atoms with van der Waals surface area (Å²) in [6, 6.07) is 5.67. The summed E-state index contributed by atoms with van der Waals surface area (Å²) in [5, 5.41) is 9.02. The third-order valence-corrected chi connectivity index (χ3v) is 2.73. The number of hydrogen-bond donors (Lipinski definition) is 2. The number of H-pyrrole nitrogens is 1. The van der Waals surface area contributed by atoms with Crippen molar-refractivity contribution in [2.24, 2.45) is 0 Å². The molecule has 0 spiro atoms.